The van der Waals surface area contributed by atoms with Crippen molar-refractivity contribution in [3.8, 4) is 0 Å². The van der Waals surface area contributed by atoms with E-state index in [1.165, 1.54) is 6.92 Å². The summed E-state index contributed by atoms with van der Waals surface area (Å²) in [5.74, 6) is -1.80. The highest BCUT2D eigenvalue weighted by molar-refractivity contribution is 6.36. The van der Waals surface area contributed by atoms with Crippen LogP contribution in [0.3, 0.4) is 0 Å². The van der Waals surface area contributed by atoms with Crippen molar-refractivity contribution in [3.63, 3.8) is 0 Å². The largest absolute Gasteiger partial charge is 0.293 e. The molecule has 0 N–H and O–H groups in total. The van der Waals surface area contributed by atoms with E-state index in [4.69, 9.17) is 0 Å². The number of carbonyl (C=O) groups is 3. The Bertz CT molecular complexity index is 645. The summed E-state index contributed by atoms with van der Waals surface area (Å²) in [5, 5.41) is 0. The molecule has 106 valence electrons. The molecule has 0 bridgehead atoms. The molecule has 0 saturated carbocycles. The molecular weight excluding hydrogens is 264 g/mol. The molecule has 0 amide bonds. The standard InChI is InChI=1S/C18H16O3/c1-13(19)17(20)12-16(14-8-4-2-5-9-14)18(21)15-10-6-3-7-11-15/h2-11,16H,12H2,1H3. The first-order valence-electron chi connectivity index (χ1n) is 6.77. The van der Waals surface area contributed by atoms with Gasteiger partial charge in [0.1, 0.15) is 0 Å². The summed E-state index contributed by atoms with van der Waals surface area (Å²) < 4.78 is 0. The third kappa shape index (κ3) is 3.72. The molecule has 0 radical (unpaired) electrons. The van der Waals surface area contributed by atoms with Gasteiger partial charge < -0.3 is 0 Å². The van der Waals surface area contributed by atoms with Crippen LogP contribution in [0.15, 0.2) is 60.7 Å². The molecule has 1 atom stereocenters. The minimum Gasteiger partial charge on any atom is -0.293 e. The number of carbonyl (C=O) groups excluding carboxylic acids is 3. The van der Waals surface area contributed by atoms with Gasteiger partial charge in [-0.05, 0) is 5.56 Å². The number of benzene rings is 2. The number of Topliss-reactive ketones (excluding diaryl/α,β-unsaturated/α-hetero) is 3. The summed E-state index contributed by atoms with van der Waals surface area (Å²) in [6, 6.07) is 17.9. The Morgan fingerprint density at radius 3 is 1.90 bits per heavy atom. The van der Waals surface area contributed by atoms with Crippen molar-refractivity contribution >= 4 is 17.3 Å². The lowest BCUT2D eigenvalue weighted by molar-refractivity contribution is -0.135. The first kappa shape index (κ1) is 14.9. The molecule has 1 unspecified atom stereocenters. The van der Waals surface area contributed by atoms with E-state index in [0.29, 0.717) is 5.56 Å². The van der Waals surface area contributed by atoms with Crippen LogP contribution in [-0.4, -0.2) is 17.3 Å². The zero-order valence-electron chi connectivity index (χ0n) is 11.8. The molecule has 0 spiro atoms. The van der Waals surface area contributed by atoms with Crippen molar-refractivity contribution in [3.05, 3.63) is 71.8 Å². The Labute approximate surface area is 123 Å². The van der Waals surface area contributed by atoms with Gasteiger partial charge in [-0.3, -0.25) is 14.4 Å². The summed E-state index contributed by atoms with van der Waals surface area (Å²) in [4.78, 5) is 35.6. The Morgan fingerprint density at radius 2 is 1.38 bits per heavy atom. The first-order valence-corrected chi connectivity index (χ1v) is 6.77. The summed E-state index contributed by atoms with van der Waals surface area (Å²) in [7, 11) is 0. The first-order chi connectivity index (χ1) is 10.1. The second-order valence-corrected chi connectivity index (χ2v) is 4.88. The zero-order valence-corrected chi connectivity index (χ0v) is 11.8. The number of rotatable bonds is 6. The van der Waals surface area contributed by atoms with Gasteiger partial charge in [0.05, 0.1) is 5.92 Å². The predicted molar refractivity (Wildman–Crippen MR) is 80.3 cm³/mol. The summed E-state index contributed by atoms with van der Waals surface area (Å²) in [6.45, 7) is 1.23. The van der Waals surface area contributed by atoms with Gasteiger partial charge in [0.25, 0.3) is 0 Å². The van der Waals surface area contributed by atoms with E-state index < -0.39 is 17.5 Å². The third-order valence-corrected chi connectivity index (χ3v) is 3.36. The molecule has 2 aromatic rings. The van der Waals surface area contributed by atoms with Crippen molar-refractivity contribution in [1.29, 1.82) is 0 Å². The van der Waals surface area contributed by atoms with Gasteiger partial charge in [-0.1, -0.05) is 60.7 Å². The van der Waals surface area contributed by atoms with Gasteiger partial charge in [-0.2, -0.15) is 0 Å². The fourth-order valence-electron chi connectivity index (χ4n) is 2.18. The van der Waals surface area contributed by atoms with Crippen LogP contribution in [0, 0.1) is 0 Å². The van der Waals surface area contributed by atoms with Crippen LogP contribution in [0.4, 0.5) is 0 Å². The van der Waals surface area contributed by atoms with Crippen LogP contribution in [0.2, 0.25) is 0 Å². The van der Waals surface area contributed by atoms with Gasteiger partial charge >= 0.3 is 0 Å². The Kier molecular flexibility index (Phi) is 4.77. The highest BCUT2D eigenvalue weighted by atomic mass is 16.2. The van der Waals surface area contributed by atoms with Crippen molar-refractivity contribution in [2.45, 2.75) is 19.3 Å². The fourth-order valence-corrected chi connectivity index (χ4v) is 2.18. The molecule has 0 aliphatic rings. The SMILES string of the molecule is CC(=O)C(=O)CC(C(=O)c1ccccc1)c1ccccc1. The van der Waals surface area contributed by atoms with Gasteiger partial charge in [-0.25, -0.2) is 0 Å². The Morgan fingerprint density at radius 1 is 0.857 bits per heavy atom. The average Bonchev–Trinajstić information content (AvgIpc) is 2.53. The minimum absolute atomic E-state index is 0.0902. The van der Waals surface area contributed by atoms with E-state index in [1.54, 1.807) is 36.4 Å². The molecule has 2 aromatic carbocycles. The molecule has 21 heavy (non-hydrogen) atoms. The predicted octanol–water partition coefficient (Wildman–Crippen LogP) is 3.20. The van der Waals surface area contributed by atoms with Crippen molar-refractivity contribution in [1.82, 2.24) is 0 Å². The lowest BCUT2D eigenvalue weighted by atomic mass is 9.86. The molecule has 0 aliphatic heterocycles. The molecule has 0 fully saturated rings. The van der Waals surface area contributed by atoms with E-state index in [-0.39, 0.29) is 12.2 Å². The van der Waals surface area contributed by atoms with Crippen molar-refractivity contribution in [2.75, 3.05) is 0 Å². The highest BCUT2D eigenvalue weighted by Gasteiger charge is 2.26. The van der Waals surface area contributed by atoms with E-state index >= 15 is 0 Å². The maximum absolute atomic E-state index is 12.6. The van der Waals surface area contributed by atoms with Crippen LogP contribution < -0.4 is 0 Å². The zero-order chi connectivity index (χ0) is 15.2. The molecule has 2 rings (SSSR count). The van der Waals surface area contributed by atoms with E-state index in [2.05, 4.69) is 0 Å². The Hall–Kier alpha value is -2.55. The van der Waals surface area contributed by atoms with E-state index in [0.717, 1.165) is 5.56 Å². The van der Waals surface area contributed by atoms with Gasteiger partial charge in [-0.15, -0.1) is 0 Å². The molecule has 3 heteroatoms. The van der Waals surface area contributed by atoms with E-state index in [1.807, 2.05) is 24.3 Å². The maximum Gasteiger partial charge on any atom is 0.199 e. The van der Waals surface area contributed by atoms with Crippen LogP contribution in [0.5, 0.6) is 0 Å². The molecule has 0 aliphatic carbocycles. The number of hydrogen-bond acceptors (Lipinski definition) is 3. The van der Waals surface area contributed by atoms with Gasteiger partial charge in [0.2, 0.25) is 0 Å². The lowest BCUT2D eigenvalue weighted by Gasteiger charge is -2.15. The second-order valence-electron chi connectivity index (χ2n) is 4.88. The maximum atomic E-state index is 12.6. The fraction of sp³-hybridized carbons (Fsp3) is 0.167. The summed E-state index contributed by atoms with van der Waals surface area (Å²) in [6.07, 6.45) is -0.0902. The summed E-state index contributed by atoms with van der Waals surface area (Å²) >= 11 is 0. The van der Waals surface area contributed by atoms with Gasteiger partial charge in [0, 0.05) is 18.9 Å². The number of hydrogen-bond donors (Lipinski definition) is 0. The normalized spacial score (nSPS) is 11.7. The van der Waals surface area contributed by atoms with E-state index in [9.17, 15) is 14.4 Å². The van der Waals surface area contributed by atoms with Crippen molar-refractivity contribution < 1.29 is 14.4 Å². The molecule has 0 heterocycles. The summed E-state index contributed by atoms with van der Waals surface area (Å²) in [5.41, 5.74) is 1.30. The van der Waals surface area contributed by atoms with Crippen LogP contribution in [0.25, 0.3) is 0 Å². The molecule has 3 nitrogen and oxygen atoms in total. The van der Waals surface area contributed by atoms with Crippen LogP contribution >= 0.6 is 0 Å². The average molecular weight is 280 g/mol. The Balaban J connectivity index is 2.34. The smallest absolute Gasteiger partial charge is 0.199 e. The molecular formula is C18H16O3. The quantitative estimate of drug-likeness (QED) is 0.603. The lowest BCUT2D eigenvalue weighted by Crippen LogP contribution is -2.20. The number of ketones is 3. The monoisotopic (exact) mass is 280 g/mol. The second kappa shape index (κ2) is 6.75. The van der Waals surface area contributed by atoms with Crippen molar-refractivity contribution in [2.24, 2.45) is 0 Å². The van der Waals surface area contributed by atoms with Gasteiger partial charge in [0.15, 0.2) is 17.3 Å². The minimum atomic E-state index is -0.620. The topological polar surface area (TPSA) is 51.2 Å². The third-order valence-electron chi connectivity index (χ3n) is 3.36. The highest BCUT2D eigenvalue weighted by Crippen LogP contribution is 2.24. The molecule has 0 aromatic heterocycles. The van der Waals surface area contributed by atoms with Crippen LogP contribution in [0.1, 0.15) is 35.2 Å². The van der Waals surface area contributed by atoms with Crippen LogP contribution in [-0.2, 0) is 9.59 Å². The molecule has 0 saturated heterocycles.